The molecule has 0 amide bonds. The van der Waals surface area contributed by atoms with Crippen LogP contribution in [0.4, 0.5) is 0 Å². The van der Waals surface area contributed by atoms with Crippen molar-refractivity contribution in [2.45, 2.75) is 44.9 Å². The summed E-state index contributed by atoms with van der Waals surface area (Å²) in [6.07, 6.45) is 8.48. The molecule has 0 aromatic carbocycles. The number of aromatic nitrogens is 3. The van der Waals surface area contributed by atoms with E-state index in [9.17, 15) is 0 Å². The van der Waals surface area contributed by atoms with Crippen molar-refractivity contribution in [1.82, 2.24) is 14.6 Å². The Hall–Kier alpha value is -0.900. The predicted molar refractivity (Wildman–Crippen MR) is 61.5 cm³/mol. The minimum atomic E-state index is 0.698. The normalized spacial score (nSPS) is 17.9. The Morgan fingerprint density at radius 2 is 2.27 bits per heavy atom. The monoisotopic (exact) mass is 221 g/mol. The van der Waals surface area contributed by atoms with E-state index in [2.05, 4.69) is 23.2 Å². The van der Waals surface area contributed by atoms with Gasteiger partial charge in [0.25, 0.3) is 0 Å². The van der Waals surface area contributed by atoms with Crippen molar-refractivity contribution in [1.29, 1.82) is 0 Å². The lowest BCUT2D eigenvalue weighted by molar-refractivity contribution is 0.701. The molecule has 4 heteroatoms. The standard InChI is InChI=1S/C11H15N3S/c1-2-10-13-14-7-9(12-11(14)15-10)8-5-3-4-6-8/h7-8H,2-6H2,1H3. The molecule has 0 atom stereocenters. The van der Waals surface area contributed by atoms with Gasteiger partial charge < -0.3 is 0 Å². The molecule has 3 rings (SSSR count). The van der Waals surface area contributed by atoms with Crippen molar-refractivity contribution in [2.75, 3.05) is 0 Å². The zero-order valence-electron chi connectivity index (χ0n) is 8.94. The van der Waals surface area contributed by atoms with Gasteiger partial charge in [-0.1, -0.05) is 31.1 Å². The zero-order chi connectivity index (χ0) is 10.3. The lowest BCUT2D eigenvalue weighted by Gasteiger charge is -2.02. The van der Waals surface area contributed by atoms with E-state index in [1.165, 1.54) is 36.4 Å². The first-order valence-electron chi connectivity index (χ1n) is 5.72. The lowest BCUT2D eigenvalue weighted by atomic mass is 10.1. The van der Waals surface area contributed by atoms with Gasteiger partial charge in [0.05, 0.1) is 11.9 Å². The van der Waals surface area contributed by atoms with Crippen molar-refractivity contribution in [3.8, 4) is 0 Å². The molecule has 80 valence electrons. The van der Waals surface area contributed by atoms with E-state index >= 15 is 0 Å². The van der Waals surface area contributed by atoms with Crippen molar-refractivity contribution in [3.05, 3.63) is 16.9 Å². The Bertz CT molecular complexity index is 434. The van der Waals surface area contributed by atoms with Gasteiger partial charge in [0.2, 0.25) is 4.96 Å². The molecule has 1 aliphatic carbocycles. The molecular weight excluding hydrogens is 206 g/mol. The molecule has 0 spiro atoms. The van der Waals surface area contributed by atoms with Crippen LogP contribution in [0.15, 0.2) is 6.20 Å². The van der Waals surface area contributed by atoms with Crippen LogP contribution in [0.25, 0.3) is 4.96 Å². The highest BCUT2D eigenvalue weighted by molar-refractivity contribution is 7.16. The maximum atomic E-state index is 4.68. The second-order valence-corrected chi connectivity index (χ2v) is 5.26. The smallest absolute Gasteiger partial charge is 0.212 e. The minimum Gasteiger partial charge on any atom is -0.222 e. The van der Waals surface area contributed by atoms with Crippen LogP contribution in [0.5, 0.6) is 0 Å². The van der Waals surface area contributed by atoms with E-state index in [0.717, 1.165) is 11.4 Å². The molecule has 0 aliphatic heterocycles. The number of fused-ring (bicyclic) bond motifs is 1. The maximum Gasteiger partial charge on any atom is 0.212 e. The largest absolute Gasteiger partial charge is 0.222 e. The quantitative estimate of drug-likeness (QED) is 0.780. The Morgan fingerprint density at radius 3 is 2.93 bits per heavy atom. The second kappa shape index (κ2) is 3.59. The van der Waals surface area contributed by atoms with Crippen LogP contribution in [0, 0.1) is 0 Å². The van der Waals surface area contributed by atoms with Crippen LogP contribution in [0.2, 0.25) is 0 Å². The molecular formula is C11H15N3S. The maximum absolute atomic E-state index is 4.68. The first kappa shape index (κ1) is 9.33. The van der Waals surface area contributed by atoms with Gasteiger partial charge in [-0.15, -0.1) is 0 Å². The van der Waals surface area contributed by atoms with Crippen LogP contribution in [-0.2, 0) is 6.42 Å². The second-order valence-electron chi connectivity index (χ2n) is 4.22. The van der Waals surface area contributed by atoms with Crippen LogP contribution < -0.4 is 0 Å². The summed E-state index contributed by atoms with van der Waals surface area (Å²) in [7, 11) is 0. The van der Waals surface area contributed by atoms with Gasteiger partial charge in [0.1, 0.15) is 5.01 Å². The third-order valence-corrected chi connectivity index (χ3v) is 4.25. The van der Waals surface area contributed by atoms with Gasteiger partial charge in [-0.2, -0.15) is 5.10 Å². The third kappa shape index (κ3) is 1.57. The van der Waals surface area contributed by atoms with Crippen molar-refractivity contribution in [3.63, 3.8) is 0 Å². The van der Waals surface area contributed by atoms with E-state index < -0.39 is 0 Å². The first-order chi connectivity index (χ1) is 7.36. The van der Waals surface area contributed by atoms with Crippen LogP contribution >= 0.6 is 11.3 Å². The Morgan fingerprint density at radius 1 is 1.47 bits per heavy atom. The van der Waals surface area contributed by atoms with Crippen LogP contribution in [0.3, 0.4) is 0 Å². The number of aryl methyl sites for hydroxylation is 1. The highest BCUT2D eigenvalue weighted by Crippen LogP contribution is 2.33. The summed E-state index contributed by atoms with van der Waals surface area (Å²) in [6, 6.07) is 0. The fraction of sp³-hybridized carbons (Fsp3) is 0.636. The van der Waals surface area contributed by atoms with Gasteiger partial charge in [-0.25, -0.2) is 9.50 Å². The molecule has 3 nitrogen and oxygen atoms in total. The lowest BCUT2D eigenvalue weighted by Crippen LogP contribution is -1.92. The summed E-state index contributed by atoms with van der Waals surface area (Å²) in [5.74, 6) is 0.698. The van der Waals surface area contributed by atoms with Crippen molar-refractivity contribution >= 4 is 16.3 Å². The average molecular weight is 221 g/mol. The van der Waals surface area contributed by atoms with E-state index in [1.807, 2.05) is 4.52 Å². The molecule has 2 aromatic rings. The third-order valence-electron chi connectivity index (χ3n) is 3.18. The molecule has 0 N–H and O–H groups in total. The fourth-order valence-electron chi connectivity index (χ4n) is 2.32. The molecule has 0 bridgehead atoms. The van der Waals surface area contributed by atoms with Crippen LogP contribution in [-0.4, -0.2) is 14.6 Å². The topological polar surface area (TPSA) is 30.2 Å². The van der Waals surface area contributed by atoms with E-state index in [0.29, 0.717) is 5.92 Å². The number of hydrogen-bond donors (Lipinski definition) is 0. The summed E-state index contributed by atoms with van der Waals surface area (Å²) in [5.41, 5.74) is 1.26. The Balaban J connectivity index is 1.96. The minimum absolute atomic E-state index is 0.698. The van der Waals surface area contributed by atoms with Gasteiger partial charge in [0.15, 0.2) is 0 Å². The molecule has 1 fully saturated rings. The average Bonchev–Trinajstić information content (AvgIpc) is 2.91. The number of nitrogens with zero attached hydrogens (tertiary/aromatic N) is 3. The van der Waals surface area contributed by atoms with Gasteiger partial charge >= 0.3 is 0 Å². The summed E-state index contributed by atoms with van der Waals surface area (Å²) < 4.78 is 1.96. The number of imidazole rings is 1. The molecule has 0 radical (unpaired) electrons. The number of hydrogen-bond acceptors (Lipinski definition) is 3. The van der Waals surface area contributed by atoms with E-state index in [-0.39, 0.29) is 0 Å². The summed E-state index contributed by atoms with van der Waals surface area (Å²) >= 11 is 1.72. The molecule has 1 saturated carbocycles. The first-order valence-corrected chi connectivity index (χ1v) is 6.53. The molecule has 0 unspecified atom stereocenters. The van der Waals surface area contributed by atoms with Gasteiger partial charge in [0, 0.05) is 5.92 Å². The predicted octanol–water partition coefficient (Wildman–Crippen LogP) is 3.01. The number of rotatable bonds is 2. The molecule has 2 heterocycles. The van der Waals surface area contributed by atoms with Gasteiger partial charge in [-0.05, 0) is 19.3 Å². The zero-order valence-corrected chi connectivity index (χ0v) is 9.76. The Labute approximate surface area is 93.1 Å². The molecule has 0 saturated heterocycles. The van der Waals surface area contributed by atoms with E-state index in [4.69, 9.17) is 0 Å². The highest BCUT2D eigenvalue weighted by Gasteiger charge is 2.20. The SMILES string of the molecule is CCc1nn2cc(C3CCCC3)nc2s1. The molecule has 2 aromatic heterocycles. The Kier molecular flexibility index (Phi) is 2.24. The highest BCUT2D eigenvalue weighted by atomic mass is 32.1. The van der Waals surface area contributed by atoms with Crippen molar-refractivity contribution < 1.29 is 0 Å². The summed E-state index contributed by atoms with van der Waals surface area (Å²) in [4.78, 5) is 5.75. The van der Waals surface area contributed by atoms with Gasteiger partial charge in [-0.3, -0.25) is 0 Å². The van der Waals surface area contributed by atoms with Crippen molar-refractivity contribution in [2.24, 2.45) is 0 Å². The molecule has 15 heavy (non-hydrogen) atoms. The van der Waals surface area contributed by atoms with E-state index in [1.54, 1.807) is 11.3 Å². The summed E-state index contributed by atoms with van der Waals surface area (Å²) in [5, 5.41) is 5.67. The fourth-order valence-corrected chi connectivity index (χ4v) is 3.14. The molecule has 1 aliphatic rings. The summed E-state index contributed by atoms with van der Waals surface area (Å²) in [6.45, 7) is 2.14. The van der Waals surface area contributed by atoms with Crippen LogP contribution in [0.1, 0.15) is 49.2 Å².